The van der Waals surface area contributed by atoms with E-state index >= 15 is 0 Å². The molecule has 1 fully saturated rings. The summed E-state index contributed by atoms with van der Waals surface area (Å²) in [6.45, 7) is 2.30. The Bertz CT molecular complexity index is 881. The van der Waals surface area contributed by atoms with E-state index in [1.165, 1.54) is 17.5 Å². The van der Waals surface area contributed by atoms with Crippen molar-refractivity contribution in [1.29, 1.82) is 0 Å². The molecule has 1 saturated heterocycles. The second-order valence-corrected chi connectivity index (χ2v) is 7.74. The third-order valence-corrected chi connectivity index (χ3v) is 6.12. The maximum Gasteiger partial charge on any atom is 0.244 e. The Morgan fingerprint density at radius 2 is 1.88 bits per heavy atom. The molecule has 0 bridgehead atoms. The molecule has 0 aliphatic carbocycles. The Morgan fingerprint density at radius 1 is 1.16 bits per heavy atom. The summed E-state index contributed by atoms with van der Waals surface area (Å²) in [4.78, 5) is 12.6. The molecule has 2 aromatic carbocycles. The number of nitrogens with one attached hydrogen (secondary N) is 1. The Morgan fingerprint density at radius 3 is 2.52 bits per heavy atom. The van der Waals surface area contributed by atoms with Gasteiger partial charge in [0.1, 0.15) is 11.8 Å². The smallest absolute Gasteiger partial charge is 0.244 e. The summed E-state index contributed by atoms with van der Waals surface area (Å²) >= 11 is 0. The highest BCUT2D eigenvalue weighted by molar-refractivity contribution is 7.89. The van der Waals surface area contributed by atoms with E-state index in [2.05, 4.69) is 5.32 Å². The second-order valence-electron chi connectivity index (χ2n) is 5.85. The average molecular weight is 360 g/mol. The maximum absolute atomic E-state index is 13.2. The molecule has 2 aromatic rings. The third-order valence-electron chi connectivity index (χ3n) is 4.26. The van der Waals surface area contributed by atoms with Crippen LogP contribution in [0.1, 0.15) is 17.2 Å². The van der Waals surface area contributed by atoms with Gasteiger partial charge >= 0.3 is 0 Å². The molecule has 3 rings (SSSR count). The number of aryl methyl sites for hydroxylation is 1. The topological polar surface area (TPSA) is 75.7 Å². The molecule has 0 spiro atoms. The zero-order chi connectivity index (χ0) is 18.0. The fraction of sp³-hybridized carbons (Fsp3) is 0.278. The maximum atomic E-state index is 13.2. The number of piperazine rings is 1. The molecule has 25 heavy (non-hydrogen) atoms. The first kappa shape index (κ1) is 17.4. The molecule has 0 radical (unpaired) electrons. The summed E-state index contributed by atoms with van der Waals surface area (Å²) in [6, 6.07) is 12.8. The molecule has 1 unspecified atom stereocenters. The number of hydrogen-bond acceptors (Lipinski definition) is 4. The molecule has 1 heterocycles. The van der Waals surface area contributed by atoms with Gasteiger partial charge in [0.25, 0.3) is 0 Å². The predicted molar refractivity (Wildman–Crippen MR) is 93.8 cm³/mol. The van der Waals surface area contributed by atoms with Crippen molar-refractivity contribution in [3.63, 3.8) is 0 Å². The van der Waals surface area contributed by atoms with Crippen molar-refractivity contribution in [2.75, 3.05) is 20.2 Å². The van der Waals surface area contributed by atoms with Gasteiger partial charge in [-0.3, -0.25) is 4.79 Å². The van der Waals surface area contributed by atoms with Crippen molar-refractivity contribution in [1.82, 2.24) is 9.62 Å². The monoisotopic (exact) mass is 360 g/mol. The van der Waals surface area contributed by atoms with E-state index < -0.39 is 16.1 Å². The summed E-state index contributed by atoms with van der Waals surface area (Å²) < 4.78 is 32.8. The van der Waals surface area contributed by atoms with Gasteiger partial charge < -0.3 is 10.1 Å². The number of ether oxygens (including phenoxy) is 1. The lowest BCUT2D eigenvalue weighted by atomic mass is 10.1. The van der Waals surface area contributed by atoms with E-state index in [1.807, 2.05) is 6.07 Å². The number of amides is 1. The lowest BCUT2D eigenvalue weighted by Gasteiger charge is -2.34. The van der Waals surface area contributed by atoms with Crippen LogP contribution >= 0.6 is 0 Å². The van der Waals surface area contributed by atoms with Crippen LogP contribution in [0.15, 0.2) is 53.4 Å². The Labute approximate surface area is 147 Å². The average Bonchev–Trinajstić information content (AvgIpc) is 2.62. The predicted octanol–water partition coefficient (Wildman–Crippen LogP) is 1.87. The van der Waals surface area contributed by atoms with E-state index in [1.54, 1.807) is 43.3 Å². The van der Waals surface area contributed by atoms with Crippen LogP contribution in [-0.2, 0) is 14.8 Å². The number of sulfonamides is 1. The van der Waals surface area contributed by atoms with E-state index in [0.29, 0.717) is 11.3 Å². The van der Waals surface area contributed by atoms with Gasteiger partial charge in [-0.1, -0.05) is 30.3 Å². The van der Waals surface area contributed by atoms with Crippen molar-refractivity contribution in [2.24, 2.45) is 0 Å². The van der Waals surface area contributed by atoms with Gasteiger partial charge in [0, 0.05) is 13.1 Å². The highest BCUT2D eigenvalue weighted by Crippen LogP contribution is 2.31. The van der Waals surface area contributed by atoms with E-state index in [4.69, 9.17) is 4.74 Å². The van der Waals surface area contributed by atoms with Gasteiger partial charge in [-0.25, -0.2) is 8.42 Å². The molecular formula is C18H20N2O4S. The van der Waals surface area contributed by atoms with Crippen molar-refractivity contribution in [3.8, 4) is 5.75 Å². The van der Waals surface area contributed by atoms with Crippen molar-refractivity contribution >= 4 is 15.9 Å². The minimum atomic E-state index is -3.82. The number of hydrogen-bond donors (Lipinski definition) is 1. The second kappa shape index (κ2) is 6.85. The summed E-state index contributed by atoms with van der Waals surface area (Å²) in [5.74, 6) is 0.307. The standard InChI is InChI=1S/C18H20N2O4S/c1-13-12-15(8-9-16(13)24-2)25(22,23)20-11-10-19-18(21)17(20)14-6-4-3-5-7-14/h3-9,12,17H,10-11H2,1-2H3,(H,19,21). The number of nitrogens with zero attached hydrogens (tertiary/aromatic N) is 1. The first-order valence-electron chi connectivity index (χ1n) is 7.94. The minimum absolute atomic E-state index is 0.154. The minimum Gasteiger partial charge on any atom is -0.496 e. The van der Waals surface area contributed by atoms with E-state index in [0.717, 1.165) is 5.56 Å². The first-order valence-corrected chi connectivity index (χ1v) is 9.38. The van der Waals surface area contributed by atoms with Crippen molar-refractivity contribution < 1.29 is 17.9 Å². The third kappa shape index (κ3) is 3.25. The van der Waals surface area contributed by atoms with Crippen LogP contribution in [0.3, 0.4) is 0 Å². The molecular weight excluding hydrogens is 340 g/mol. The zero-order valence-electron chi connectivity index (χ0n) is 14.1. The first-order chi connectivity index (χ1) is 11.9. The van der Waals surface area contributed by atoms with Gasteiger partial charge in [0.15, 0.2) is 0 Å². The molecule has 0 aromatic heterocycles. The molecule has 7 heteroatoms. The fourth-order valence-electron chi connectivity index (χ4n) is 3.00. The lowest BCUT2D eigenvalue weighted by Crippen LogP contribution is -2.52. The summed E-state index contributed by atoms with van der Waals surface area (Å²) in [5, 5.41) is 2.75. The molecule has 132 valence electrons. The normalized spacial score (nSPS) is 18.6. The van der Waals surface area contributed by atoms with Crippen molar-refractivity contribution in [2.45, 2.75) is 17.9 Å². The molecule has 1 atom stereocenters. The Hall–Kier alpha value is -2.38. The van der Waals surface area contributed by atoms with Crippen LogP contribution in [0.5, 0.6) is 5.75 Å². The largest absolute Gasteiger partial charge is 0.496 e. The lowest BCUT2D eigenvalue weighted by molar-refractivity contribution is -0.126. The number of methoxy groups -OCH3 is 1. The fourth-order valence-corrected chi connectivity index (χ4v) is 4.67. The van der Waals surface area contributed by atoms with Gasteiger partial charge in [-0.2, -0.15) is 4.31 Å². The molecule has 1 N–H and O–H groups in total. The van der Waals surface area contributed by atoms with Crippen LogP contribution in [0, 0.1) is 6.92 Å². The Balaban J connectivity index is 2.05. The molecule has 1 amide bonds. The van der Waals surface area contributed by atoms with Crippen LogP contribution in [0.25, 0.3) is 0 Å². The van der Waals surface area contributed by atoms with E-state index in [9.17, 15) is 13.2 Å². The SMILES string of the molecule is COc1ccc(S(=O)(=O)N2CCNC(=O)C2c2ccccc2)cc1C. The summed E-state index contributed by atoms with van der Waals surface area (Å²) in [5.41, 5.74) is 1.37. The molecule has 6 nitrogen and oxygen atoms in total. The zero-order valence-corrected chi connectivity index (χ0v) is 14.9. The van der Waals surface area contributed by atoms with Gasteiger partial charge in [-0.15, -0.1) is 0 Å². The summed E-state index contributed by atoms with van der Waals surface area (Å²) in [7, 11) is -2.28. The highest BCUT2D eigenvalue weighted by atomic mass is 32.2. The van der Waals surface area contributed by atoms with E-state index in [-0.39, 0.29) is 23.9 Å². The number of carbonyl (C=O) groups is 1. The van der Waals surface area contributed by atoms with Gasteiger partial charge in [0.05, 0.1) is 12.0 Å². The molecule has 1 aliphatic heterocycles. The van der Waals surface area contributed by atoms with Gasteiger partial charge in [-0.05, 0) is 36.2 Å². The summed E-state index contributed by atoms with van der Waals surface area (Å²) in [6.07, 6.45) is 0. The number of benzene rings is 2. The quantitative estimate of drug-likeness (QED) is 0.903. The molecule has 0 saturated carbocycles. The van der Waals surface area contributed by atoms with Crippen LogP contribution in [0.4, 0.5) is 0 Å². The van der Waals surface area contributed by atoms with Gasteiger partial charge in [0.2, 0.25) is 15.9 Å². The number of rotatable bonds is 4. The van der Waals surface area contributed by atoms with Crippen LogP contribution in [0.2, 0.25) is 0 Å². The highest BCUT2D eigenvalue weighted by Gasteiger charge is 2.39. The van der Waals surface area contributed by atoms with Crippen molar-refractivity contribution in [3.05, 3.63) is 59.7 Å². The molecule has 1 aliphatic rings. The number of carbonyl (C=O) groups excluding carboxylic acids is 1. The van der Waals surface area contributed by atoms with Crippen LogP contribution in [-0.4, -0.2) is 38.8 Å². The van der Waals surface area contributed by atoms with Crippen LogP contribution < -0.4 is 10.1 Å². The Kier molecular flexibility index (Phi) is 4.78.